The van der Waals surface area contributed by atoms with Gasteiger partial charge in [0.15, 0.2) is 0 Å². The van der Waals surface area contributed by atoms with Crippen molar-refractivity contribution < 1.29 is 4.79 Å². The van der Waals surface area contributed by atoms with Gasteiger partial charge in [0, 0.05) is 24.2 Å². The minimum Gasteiger partial charge on any atom is -0.272 e. The van der Waals surface area contributed by atoms with Crippen LogP contribution in [0.4, 0.5) is 0 Å². The highest BCUT2D eigenvalue weighted by molar-refractivity contribution is 5.84. The summed E-state index contributed by atoms with van der Waals surface area (Å²) in [5, 5.41) is 5.77. The average Bonchev–Trinajstić information content (AvgIpc) is 2.76. The van der Waals surface area contributed by atoms with Gasteiger partial charge in [0.1, 0.15) is 6.04 Å². The lowest BCUT2D eigenvalue weighted by Crippen LogP contribution is -2.36. The molecule has 0 aliphatic carbocycles. The number of aryl methyl sites for hydroxylation is 1. The molecule has 0 aromatic carbocycles. The fraction of sp³-hybridized carbons (Fsp3) is 0.500. The van der Waals surface area contributed by atoms with Crippen molar-refractivity contribution in [2.75, 3.05) is 0 Å². The maximum Gasteiger partial charge on any atom is 0.248 e. The van der Waals surface area contributed by atoms with Gasteiger partial charge < -0.3 is 0 Å². The summed E-state index contributed by atoms with van der Waals surface area (Å²) < 4.78 is 0. The zero-order chi connectivity index (χ0) is 13.3. The van der Waals surface area contributed by atoms with E-state index in [9.17, 15) is 4.79 Å². The molecule has 0 radical (unpaired) electrons. The Morgan fingerprint density at radius 1 is 1.39 bits per heavy atom. The Balaban J connectivity index is 2.24. The van der Waals surface area contributed by atoms with Gasteiger partial charge in [0.05, 0.1) is 5.69 Å². The summed E-state index contributed by atoms with van der Waals surface area (Å²) in [6.45, 7) is 7.72. The summed E-state index contributed by atoms with van der Waals surface area (Å²) >= 11 is 0. The second-order valence-electron chi connectivity index (χ2n) is 5.71. The lowest BCUT2D eigenvalue weighted by Gasteiger charge is -2.27. The number of amides is 1. The molecule has 1 aliphatic heterocycles. The molecule has 1 amide bonds. The van der Waals surface area contributed by atoms with Crippen LogP contribution in [0.15, 0.2) is 23.4 Å². The Morgan fingerprint density at radius 3 is 2.67 bits per heavy atom. The van der Waals surface area contributed by atoms with Crippen molar-refractivity contribution in [2.24, 2.45) is 10.5 Å². The minimum atomic E-state index is -0.426. The molecular weight excluding hydrogens is 226 g/mol. The predicted octanol–water partition coefficient (Wildman–Crippen LogP) is 2.70. The Labute approximate surface area is 108 Å². The molecule has 96 valence electrons. The maximum absolute atomic E-state index is 12.3. The van der Waals surface area contributed by atoms with E-state index in [1.54, 1.807) is 11.2 Å². The van der Waals surface area contributed by atoms with Crippen LogP contribution in [0, 0.1) is 12.3 Å². The average molecular weight is 245 g/mol. The SMILES string of the molecule is Cc1ccc(C2CC=NN2C(=O)C(C)(C)C)nc1. The summed E-state index contributed by atoms with van der Waals surface area (Å²) in [5.41, 5.74) is 1.59. The third kappa shape index (κ3) is 2.42. The molecule has 1 unspecified atom stereocenters. The quantitative estimate of drug-likeness (QED) is 0.763. The van der Waals surface area contributed by atoms with Gasteiger partial charge in [-0.3, -0.25) is 9.78 Å². The zero-order valence-corrected chi connectivity index (χ0v) is 11.3. The topological polar surface area (TPSA) is 45.6 Å². The van der Waals surface area contributed by atoms with Crippen molar-refractivity contribution in [3.8, 4) is 0 Å². The van der Waals surface area contributed by atoms with Gasteiger partial charge >= 0.3 is 0 Å². The number of carbonyl (C=O) groups is 1. The van der Waals surface area contributed by atoms with Crippen molar-refractivity contribution in [1.82, 2.24) is 9.99 Å². The molecule has 0 spiro atoms. The van der Waals surface area contributed by atoms with E-state index in [-0.39, 0.29) is 11.9 Å². The van der Waals surface area contributed by atoms with Crippen LogP contribution in [-0.2, 0) is 4.79 Å². The maximum atomic E-state index is 12.3. The van der Waals surface area contributed by atoms with Crippen LogP contribution >= 0.6 is 0 Å². The van der Waals surface area contributed by atoms with E-state index in [0.717, 1.165) is 17.7 Å². The first-order chi connectivity index (χ1) is 8.39. The smallest absolute Gasteiger partial charge is 0.248 e. The van der Waals surface area contributed by atoms with Gasteiger partial charge in [-0.15, -0.1) is 0 Å². The van der Waals surface area contributed by atoms with E-state index in [1.165, 1.54) is 0 Å². The first kappa shape index (κ1) is 12.7. The second kappa shape index (κ2) is 4.52. The van der Waals surface area contributed by atoms with Gasteiger partial charge in [-0.25, -0.2) is 5.01 Å². The van der Waals surface area contributed by atoms with Crippen molar-refractivity contribution >= 4 is 12.1 Å². The number of rotatable bonds is 1. The highest BCUT2D eigenvalue weighted by Gasteiger charge is 2.35. The van der Waals surface area contributed by atoms with E-state index in [0.29, 0.717) is 0 Å². The molecular formula is C14H19N3O. The summed E-state index contributed by atoms with van der Waals surface area (Å²) in [6.07, 6.45) is 4.35. The third-order valence-electron chi connectivity index (χ3n) is 2.96. The lowest BCUT2D eigenvalue weighted by molar-refractivity contribution is -0.141. The number of aromatic nitrogens is 1. The van der Waals surface area contributed by atoms with Gasteiger partial charge in [-0.1, -0.05) is 26.8 Å². The minimum absolute atomic E-state index is 0.0311. The molecule has 0 saturated heterocycles. The summed E-state index contributed by atoms with van der Waals surface area (Å²) in [6, 6.07) is 3.93. The van der Waals surface area contributed by atoms with E-state index in [1.807, 2.05) is 46.0 Å². The van der Waals surface area contributed by atoms with Gasteiger partial charge in [-0.2, -0.15) is 5.10 Å². The molecule has 2 heterocycles. The predicted molar refractivity (Wildman–Crippen MR) is 71.1 cm³/mol. The Morgan fingerprint density at radius 2 is 2.11 bits per heavy atom. The number of carbonyl (C=O) groups excluding carboxylic acids is 1. The van der Waals surface area contributed by atoms with Gasteiger partial charge in [0.25, 0.3) is 0 Å². The largest absolute Gasteiger partial charge is 0.272 e. The first-order valence-electron chi connectivity index (χ1n) is 6.18. The number of hydrogen-bond donors (Lipinski definition) is 0. The molecule has 0 N–H and O–H groups in total. The summed E-state index contributed by atoms with van der Waals surface area (Å²) in [4.78, 5) is 16.7. The third-order valence-corrected chi connectivity index (χ3v) is 2.96. The molecule has 18 heavy (non-hydrogen) atoms. The fourth-order valence-corrected chi connectivity index (χ4v) is 1.88. The lowest BCUT2D eigenvalue weighted by atomic mass is 9.94. The fourth-order valence-electron chi connectivity index (χ4n) is 1.88. The van der Waals surface area contributed by atoms with Crippen molar-refractivity contribution in [3.05, 3.63) is 29.6 Å². The molecule has 0 bridgehead atoms. The van der Waals surface area contributed by atoms with Gasteiger partial charge in [-0.05, 0) is 18.6 Å². The molecule has 4 heteroatoms. The van der Waals surface area contributed by atoms with Crippen molar-refractivity contribution in [3.63, 3.8) is 0 Å². The number of nitrogens with zero attached hydrogens (tertiary/aromatic N) is 3. The van der Waals surface area contributed by atoms with E-state index in [2.05, 4.69) is 10.1 Å². The first-order valence-corrected chi connectivity index (χ1v) is 6.18. The zero-order valence-electron chi connectivity index (χ0n) is 11.3. The number of hydrogen-bond acceptors (Lipinski definition) is 3. The van der Waals surface area contributed by atoms with E-state index >= 15 is 0 Å². The van der Waals surface area contributed by atoms with Crippen LogP contribution in [0.1, 0.15) is 44.5 Å². The van der Waals surface area contributed by atoms with E-state index < -0.39 is 5.41 Å². The molecule has 1 atom stereocenters. The van der Waals surface area contributed by atoms with Crippen LogP contribution in [0.5, 0.6) is 0 Å². The molecule has 4 nitrogen and oxygen atoms in total. The van der Waals surface area contributed by atoms with Crippen LogP contribution in [0.3, 0.4) is 0 Å². The Bertz CT molecular complexity index is 471. The standard InChI is InChI=1S/C14H19N3O/c1-10-5-6-11(15-9-10)12-7-8-16-17(12)13(18)14(2,3)4/h5-6,8-9,12H,7H2,1-4H3. The molecule has 0 fully saturated rings. The Kier molecular flexibility index (Phi) is 3.20. The normalized spacial score (nSPS) is 19.3. The molecule has 2 rings (SSSR count). The highest BCUT2D eigenvalue weighted by atomic mass is 16.2. The molecule has 1 aromatic rings. The number of hydrazone groups is 1. The second-order valence-corrected chi connectivity index (χ2v) is 5.71. The molecule has 0 saturated carbocycles. The van der Waals surface area contributed by atoms with Gasteiger partial charge in [0.2, 0.25) is 5.91 Å². The summed E-state index contributed by atoms with van der Waals surface area (Å²) in [5.74, 6) is 0.0311. The van der Waals surface area contributed by atoms with Crippen LogP contribution in [0.2, 0.25) is 0 Å². The van der Waals surface area contributed by atoms with Crippen LogP contribution in [0.25, 0.3) is 0 Å². The molecule has 1 aromatic heterocycles. The van der Waals surface area contributed by atoms with E-state index in [4.69, 9.17) is 0 Å². The highest BCUT2D eigenvalue weighted by Crippen LogP contribution is 2.31. The number of pyridine rings is 1. The monoisotopic (exact) mass is 245 g/mol. The van der Waals surface area contributed by atoms with Crippen molar-refractivity contribution in [2.45, 2.75) is 40.2 Å². The molecule has 1 aliphatic rings. The Hall–Kier alpha value is -1.71. The van der Waals surface area contributed by atoms with Crippen LogP contribution in [-0.4, -0.2) is 22.1 Å². The van der Waals surface area contributed by atoms with Crippen molar-refractivity contribution in [1.29, 1.82) is 0 Å². The summed E-state index contributed by atoms with van der Waals surface area (Å²) in [7, 11) is 0. The van der Waals surface area contributed by atoms with Crippen LogP contribution < -0.4 is 0 Å².